The lowest BCUT2D eigenvalue weighted by atomic mass is 9.97. The summed E-state index contributed by atoms with van der Waals surface area (Å²) in [6, 6.07) is 0. The Bertz CT molecular complexity index is 884. The summed E-state index contributed by atoms with van der Waals surface area (Å²) in [6.07, 6.45) is 7.45. The highest BCUT2D eigenvalue weighted by Gasteiger charge is 2.13. The smallest absolute Gasteiger partial charge is 0.311 e. The number of aromatic nitrogens is 4. The monoisotopic (exact) mass is 332 g/mol. The van der Waals surface area contributed by atoms with Crippen molar-refractivity contribution < 1.29 is 0 Å². The van der Waals surface area contributed by atoms with Gasteiger partial charge in [0.1, 0.15) is 0 Å². The van der Waals surface area contributed by atoms with E-state index in [-0.39, 0.29) is 22.5 Å². The molecule has 0 unspecified atom stereocenters. The summed E-state index contributed by atoms with van der Waals surface area (Å²) in [5.41, 5.74) is 1.98. The summed E-state index contributed by atoms with van der Waals surface area (Å²) in [7, 11) is 0. The number of hydrogen-bond donors (Lipinski definition) is 4. The minimum atomic E-state index is -0.388. The summed E-state index contributed by atoms with van der Waals surface area (Å²) in [4.78, 5) is 53.9. The second kappa shape index (κ2) is 6.86. The van der Waals surface area contributed by atoms with Gasteiger partial charge in [-0.1, -0.05) is 0 Å². The highest BCUT2D eigenvalue weighted by Crippen LogP contribution is 2.14. The first-order chi connectivity index (χ1) is 11.5. The second-order valence-electron chi connectivity index (χ2n) is 6.14. The third-order valence-corrected chi connectivity index (χ3v) is 4.47. The molecule has 0 atom stereocenters. The zero-order chi connectivity index (χ0) is 17.1. The van der Waals surface area contributed by atoms with Crippen LogP contribution in [-0.4, -0.2) is 19.9 Å². The lowest BCUT2D eigenvalue weighted by Gasteiger charge is -2.12. The van der Waals surface area contributed by atoms with Crippen LogP contribution < -0.4 is 22.5 Å². The predicted molar refractivity (Wildman–Crippen MR) is 88.7 cm³/mol. The highest BCUT2D eigenvalue weighted by molar-refractivity contribution is 5.19. The van der Waals surface area contributed by atoms with Crippen molar-refractivity contribution in [2.24, 2.45) is 0 Å². The Morgan fingerprint density at radius 1 is 0.500 bits per heavy atom. The molecule has 2 heterocycles. The molecular formula is C16H20N4O4. The minimum absolute atomic E-state index is 0.214. The Morgan fingerprint density at radius 2 is 0.875 bits per heavy atom. The standard InChI is InChI=1S/2C8H10N2O2/c2*11-7-5-3-1-2-4-6(5)9-8(12)10-7/h2*1-4H2,(H2,9,10,11,12). The molecule has 2 aliphatic carbocycles. The van der Waals surface area contributed by atoms with Crippen LogP contribution in [0.25, 0.3) is 0 Å². The van der Waals surface area contributed by atoms with Crippen LogP contribution in [-0.2, 0) is 25.7 Å². The Morgan fingerprint density at radius 3 is 1.29 bits per heavy atom. The molecule has 0 aliphatic heterocycles. The van der Waals surface area contributed by atoms with Crippen molar-refractivity contribution in [1.29, 1.82) is 0 Å². The van der Waals surface area contributed by atoms with Gasteiger partial charge in [0.15, 0.2) is 0 Å². The average molecular weight is 332 g/mol. The van der Waals surface area contributed by atoms with E-state index in [1.165, 1.54) is 0 Å². The molecule has 4 rings (SSSR count). The Kier molecular flexibility index (Phi) is 4.64. The Labute approximate surface area is 136 Å². The van der Waals surface area contributed by atoms with Crippen molar-refractivity contribution in [3.8, 4) is 0 Å². The molecule has 0 aromatic carbocycles. The van der Waals surface area contributed by atoms with E-state index in [0.717, 1.165) is 73.9 Å². The average Bonchev–Trinajstić information content (AvgIpc) is 2.55. The zero-order valence-corrected chi connectivity index (χ0v) is 13.3. The number of H-pyrrole nitrogens is 4. The maximum atomic E-state index is 11.2. The molecule has 128 valence electrons. The molecule has 0 spiro atoms. The van der Waals surface area contributed by atoms with Gasteiger partial charge in [-0.05, 0) is 51.4 Å². The predicted octanol–water partition coefficient (Wildman–Crippen LogP) is -0.116. The number of nitrogens with one attached hydrogen (secondary N) is 4. The molecule has 2 aromatic heterocycles. The summed E-state index contributed by atoms with van der Waals surface area (Å²) in [5.74, 6) is 0. The summed E-state index contributed by atoms with van der Waals surface area (Å²) >= 11 is 0. The SMILES string of the molecule is O=c1[nH]c2c(c(=O)[nH]1)CCCC2.O=c1[nH]c2c(c(=O)[nH]1)CCCC2. The van der Waals surface area contributed by atoms with Crippen LogP contribution in [0.3, 0.4) is 0 Å². The fourth-order valence-electron chi connectivity index (χ4n) is 3.28. The highest BCUT2D eigenvalue weighted by atomic mass is 16.2. The summed E-state index contributed by atoms with van der Waals surface area (Å²) in [5, 5.41) is 0. The third-order valence-electron chi connectivity index (χ3n) is 4.47. The quantitative estimate of drug-likeness (QED) is 0.535. The van der Waals surface area contributed by atoms with Crippen molar-refractivity contribution in [3.05, 3.63) is 64.2 Å². The van der Waals surface area contributed by atoms with Gasteiger partial charge in [0.05, 0.1) is 0 Å². The largest absolute Gasteiger partial charge is 0.325 e. The maximum Gasteiger partial charge on any atom is 0.325 e. The summed E-state index contributed by atoms with van der Waals surface area (Å²) < 4.78 is 0. The molecule has 8 nitrogen and oxygen atoms in total. The van der Waals surface area contributed by atoms with Crippen molar-refractivity contribution >= 4 is 0 Å². The molecule has 4 N–H and O–H groups in total. The van der Waals surface area contributed by atoms with Gasteiger partial charge >= 0.3 is 11.4 Å². The lowest BCUT2D eigenvalue weighted by molar-refractivity contribution is 0.651. The van der Waals surface area contributed by atoms with Gasteiger partial charge in [-0.2, -0.15) is 0 Å². The van der Waals surface area contributed by atoms with E-state index in [4.69, 9.17) is 0 Å². The minimum Gasteiger partial charge on any atom is -0.311 e. The molecule has 2 aromatic rings. The first-order valence-electron chi connectivity index (χ1n) is 8.23. The van der Waals surface area contributed by atoms with Gasteiger partial charge in [-0.3, -0.25) is 19.6 Å². The second-order valence-corrected chi connectivity index (χ2v) is 6.14. The van der Waals surface area contributed by atoms with E-state index >= 15 is 0 Å². The fourth-order valence-corrected chi connectivity index (χ4v) is 3.28. The van der Waals surface area contributed by atoms with E-state index in [9.17, 15) is 19.2 Å². The first-order valence-corrected chi connectivity index (χ1v) is 8.23. The number of aryl methyl sites for hydroxylation is 2. The summed E-state index contributed by atoms with van der Waals surface area (Å²) in [6.45, 7) is 0. The van der Waals surface area contributed by atoms with Crippen LogP contribution >= 0.6 is 0 Å². The van der Waals surface area contributed by atoms with Crippen LogP contribution in [0.1, 0.15) is 48.2 Å². The number of fused-ring (bicyclic) bond motifs is 2. The molecule has 0 saturated heterocycles. The first kappa shape index (κ1) is 16.2. The number of hydrogen-bond acceptors (Lipinski definition) is 4. The Balaban J connectivity index is 0.000000141. The van der Waals surface area contributed by atoms with Crippen LogP contribution in [0, 0.1) is 0 Å². The normalized spacial score (nSPS) is 15.7. The molecule has 0 radical (unpaired) electrons. The van der Waals surface area contributed by atoms with Crippen molar-refractivity contribution in [2.75, 3.05) is 0 Å². The molecule has 2 aliphatic rings. The van der Waals surface area contributed by atoms with Gasteiger partial charge in [0.2, 0.25) is 0 Å². The van der Waals surface area contributed by atoms with E-state index in [2.05, 4.69) is 19.9 Å². The van der Waals surface area contributed by atoms with Gasteiger partial charge in [0.25, 0.3) is 11.1 Å². The van der Waals surface area contributed by atoms with Gasteiger partial charge in [-0.25, -0.2) is 9.59 Å². The molecule has 0 amide bonds. The van der Waals surface area contributed by atoms with E-state index in [0.29, 0.717) is 0 Å². The van der Waals surface area contributed by atoms with Gasteiger partial charge in [0, 0.05) is 22.5 Å². The molecule has 24 heavy (non-hydrogen) atoms. The fraction of sp³-hybridized carbons (Fsp3) is 0.500. The molecule has 0 bridgehead atoms. The van der Waals surface area contributed by atoms with E-state index in [1.807, 2.05) is 0 Å². The van der Waals surface area contributed by atoms with Gasteiger partial charge < -0.3 is 9.97 Å². The maximum absolute atomic E-state index is 11.2. The molecule has 0 saturated carbocycles. The zero-order valence-electron chi connectivity index (χ0n) is 13.3. The Hall–Kier alpha value is -2.64. The van der Waals surface area contributed by atoms with Crippen LogP contribution in [0.15, 0.2) is 19.2 Å². The topological polar surface area (TPSA) is 131 Å². The van der Waals surface area contributed by atoms with E-state index < -0.39 is 0 Å². The van der Waals surface area contributed by atoms with Crippen molar-refractivity contribution in [2.45, 2.75) is 51.4 Å². The van der Waals surface area contributed by atoms with Crippen molar-refractivity contribution in [3.63, 3.8) is 0 Å². The van der Waals surface area contributed by atoms with Crippen molar-refractivity contribution in [1.82, 2.24) is 19.9 Å². The van der Waals surface area contributed by atoms with Crippen LogP contribution in [0.2, 0.25) is 0 Å². The lowest BCUT2D eigenvalue weighted by Crippen LogP contribution is -2.29. The van der Waals surface area contributed by atoms with E-state index in [1.54, 1.807) is 0 Å². The van der Waals surface area contributed by atoms with Gasteiger partial charge in [-0.15, -0.1) is 0 Å². The van der Waals surface area contributed by atoms with Crippen LogP contribution in [0.5, 0.6) is 0 Å². The molecular weight excluding hydrogens is 312 g/mol. The third kappa shape index (κ3) is 3.47. The van der Waals surface area contributed by atoms with Crippen LogP contribution in [0.4, 0.5) is 0 Å². The number of rotatable bonds is 0. The molecule has 8 heteroatoms. The molecule has 0 fully saturated rings. The number of aromatic amines is 4.